The molecule has 0 bridgehead atoms. The summed E-state index contributed by atoms with van der Waals surface area (Å²) in [5, 5.41) is 7.95. The van der Waals surface area contributed by atoms with Crippen molar-refractivity contribution < 1.29 is 0 Å². The lowest BCUT2D eigenvalue weighted by molar-refractivity contribution is 0.533. The Balaban J connectivity index is 1.86. The van der Waals surface area contributed by atoms with E-state index in [1.807, 2.05) is 6.92 Å². The second kappa shape index (κ2) is 5.13. The first-order valence-corrected chi connectivity index (χ1v) is 7.29. The van der Waals surface area contributed by atoms with Gasteiger partial charge in [-0.25, -0.2) is 4.68 Å². The summed E-state index contributed by atoms with van der Waals surface area (Å²) in [7, 11) is 0. The minimum atomic E-state index is -0.170. The van der Waals surface area contributed by atoms with Gasteiger partial charge >= 0.3 is 0 Å². The number of rotatable bonds is 3. The van der Waals surface area contributed by atoms with Gasteiger partial charge in [0.1, 0.15) is 5.02 Å². The molecule has 1 aromatic rings. The van der Waals surface area contributed by atoms with Crippen molar-refractivity contribution in [3.63, 3.8) is 0 Å². The van der Waals surface area contributed by atoms with Gasteiger partial charge in [-0.2, -0.15) is 5.10 Å². The summed E-state index contributed by atoms with van der Waals surface area (Å²) >= 11 is 6.24. The summed E-state index contributed by atoms with van der Waals surface area (Å²) < 4.78 is 1.45. The van der Waals surface area contributed by atoms with Gasteiger partial charge in [-0.1, -0.05) is 18.5 Å². The average Bonchev–Trinajstić information content (AvgIpc) is 2.96. The summed E-state index contributed by atoms with van der Waals surface area (Å²) in [6.45, 7) is 6.71. The van der Waals surface area contributed by atoms with E-state index in [2.05, 4.69) is 15.3 Å². The summed E-state index contributed by atoms with van der Waals surface area (Å²) in [5.41, 5.74) is 0.629. The highest BCUT2D eigenvalue weighted by Crippen LogP contribution is 2.32. The molecule has 3 heterocycles. The third-order valence-electron chi connectivity index (χ3n) is 4.13. The van der Waals surface area contributed by atoms with E-state index in [-0.39, 0.29) is 5.56 Å². The Morgan fingerprint density at radius 2 is 2.11 bits per heavy atom. The van der Waals surface area contributed by atoms with Crippen LogP contribution in [0.1, 0.15) is 13.3 Å². The van der Waals surface area contributed by atoms with E-state index in [0.717, 1.165) is 38.3 Å². The molecule has 0 aromatic carbocycles. The Kier molecular flexibility index (Phi) is 3.50. The lowest BCUT2D eigenvalue weighted by atomic mass is 10.0. The third-order valence-corrected chi connectivity index (χ3v) is 4.49. The molecule has 2 fully saturated rings. The number of hydrogen-bond donors (Lipinski definition) is 1. The highest BCUT2D eigenvalue weighted by atomic mass is 35.5. The zero-order valence-electron chi connectivity index (χ0n) is 11.1. The Morgan fingerprint density at radius 3 is 2.74 bits per heavy atom. The van der Waals surface area contributed by atoms with Gasteiger partial charge in [0.05, 0.1) is 11.9 Å². The predicted molar refractivity (Wildman–Crippen MR) is 75.9 cm³/mol. The van der Waals surface area contributed by atoms with E-state index in [1.54, 1.807) is 6.20 Å². The van der Waals surface area contributed by atoms with Gasteiger partial charge in [0.25, 0.3) is 5.56 Å². The van der Waals surface area contributed by atoms with Gasteiger partial charge in [0, 0.05) is 32.7 Å². The van der Waals surface area contributed by atoms with Gasteiger partial charge in [-0.05, 0) is 18.3 Å². The SMILES string of the molecule is CCCn1ncc(N2CC3CNCC3C2)c(Cl)c1=O. The number of aryl methyl sites for hydroxylation is 1. The molecule has 6 heteroatoms. The molecular weight excluding hydrogens is 264 g/mol. The number of nitrogens with one attached hydrogen (secondary N) is 1. The molecule has 2 atom stereocenters. The first-order chi connectivity index (χ1) is 9.20. The second-order valence-corrected chi connectivity index (χ2v) is 5.83. The number of aromatic nitrogens is 2. The standard InChI is InChI=1S/C13H19ClN4O/c1-2-3-18-13(19)12(14)11(6-16-18)17-7-9-4-15-5-10(9)8-17/h6,9-10,15H,2-5,7-8H2,1H3. The maximum absolute atomic E-state index is 12.1. The fourth-order valence-corrected chi connectivity index (χ4v) is 3.37. The molecular formula is C13H19ClN4O. The Hall–Kier alpha value is -1.07. The molecule has 0 spiro atoms. The highest BCUT2D eigenvalue weighted by molar-refractivity contribution is 6.33. The highest BCUT2D eigenvalue weighted by Gasteiger charge is 2.37. The van der Waals surface area contributed by atoms with Crippen molar-refractivity contribution in [1.29, 1.82) is 0 Å². The number of fused-ring (bicyclic) bond motifs is 1. The molecule has 0 radical (unpaired) electrons. The van der Waals surface area contributed by atoms with Crippen LogP contribution in [-0.4, -0.2) is 36.0 Å². The first-order valence-electron chi connectivity index (χ1n) is 6.92. The van der Waals surface area contributed by atoms with Crippen LogP contribution in [0.25, 0.3) is 0 Å². The van der Waals surface area contributed by atoms with E-state index in [1.165, 1.54) is 4.68 Å². The molecule has 5 nitrogen and oxygen atoms in total. The zero-order valence-corrected chi connectivity index (χ0v) is 11.9. The molecule has 2 aliphatic rings. The second-order valence-electron chi connectivity index (χ2n) is 5.46. The summed E-state index contributed by atoms with van der Waals surface area (Å²) in [6, 6.07) is 0. The fourth-order valence-electron chi connectivity index (χ4n) is 3.10. The van der Waals surface area contributed by atoms with Crippen LogP contribution in [0.5, 0.6) is 0 Å². The summed E-state index contributed by atoms with van der Waals surface area (Å²) in [5.74, 6) is 1.35. The molecule has 19 heavy (non-hydrogen) atoms. The third kappa shape index (κ3) is 2.25. The van der Waals surface area contributed by atoms with Crippen LogP contribution in [0.3, 0.4) is 0 Å². The summed E-state index contributed by atoms with van der Waals surface area (Å²) in [6.07, 6.45) is 2.62. The van der Waals surface area contributed by atoms with Crippen molar-refractivity contribution in [1.82, 2.24) is 15.1 Å². The van der Waals surface area contributed by atoms with E-state index in [9.17, 15) is 4.79 Å². The lowest BCUT2D eigenvalue weighted by Gasteiger charge is -2.20. The van der Waals surface area contributed by atoms with Gasteiger partial charge in [-0.15, -0.1) is 0 Å². The first kappa shape index (κ1) is 12.9. The van der Waals surface area contributed by atoms with Crippen molar-refractivity contribution in [3.8, 4) is 0 Å². The minimum absolute atomic E-state index is 0.170. The molecule has 3 rings (SSSR count). The number of halogens is 1. The minimum Gasteiger partial charge on any atom is -0.368 e. The monoisotopic (exact) mass is 282 g/mol. The van der Waals surface area contributed by atoms with Crippen molar-refractivity contribution in [2.45, 2.75) is 19.9 Å². The van der Waals surface area contributed by atoms with Crippen molar-refractivity contribution in [3.05, 3.63) is 21.6 Å². The molecule has 1 N–H and O–H groups in total. The molecule has 0 amide bonds. The average molecular weight is 283 g/mol. The van der Waals surface area contributed by atoms with Gasteiger partial charge in [-0.3, -0.25) is 4.79 Å². The molecule has 1 aromatic heterocycles. The van der Waals surface area contributed by atoms with E-state index in [0.29, 0.717) is 23.4 Å². The van der Waals surface area contributed by atoms with Crippen LogP contribution >= 0.6 is 11.6 Å². The number of hydrogen-bond acceptors (Lipinski definition) is 4. The normalized spacial score (nSPS) is 25.9. The van der Waals surface area contributed by atoms with Gasteiger partial charge in [0.2, 0.25) is 0 Å². The fraction of sp³-hybridized carbons (Fsp3) is 0.692. The maximum atomic E-state index is 12.1. The molecule has 0 saturated carbocycles. The predicted octanol–water partition coefficient (Wildman–Crippen LogP) is 0.962. The molecule has 2 saturated heterocycles. The van der Waals surface area contributed by atoms with Crippen LogP contribution in [0, 0.1) is 11.8 Å². The van der Waals surface area contributed by atoms with E-state index in [4.69, 9.17) is 11.6 Å². The quantitative estimate of drug-likeness (QED) is 0.897. The Morgan fingerprint density at radius 1 is 1.42 bits per heavy atom. The number of anilines is 1. The van der Waals surface area contributed by atoms with E-state index < -0.39 is 0 Å². The van der Waals surface area contributed by atoms with Crippen LogP contribution in [0.15, 0.2) is 11.0 Å². The summed E-state index contributed by atoms with van der Waals surface area (Å²) in [4.78, 5) is 14.3. The lowest BCUT2D eigenvalue weighted by Crippen LogP contribution is -2.30. The van der Waals surface area contributed by atoms with Crippen LogP contribution in [0.2, 0.25) is 5.02 Å². The molecule has 0 aliphatic carbocycles. The molecule has 104 valence electrons. The maximum Gasteiger partial charge on any atom is 0.287 e. The largest absolute Gasteiger partial charge is 0.368 e. The molecule has 2 unspecified atom stereocenters. The van der Waals surface area contributed by atoms with Crippen molar-refractivity contribution in [2.24, 2.45) is 11.8 Å². The zero-order chi connectivity index (χ0) is 13.4. The van der Waals surface area contributed by atoms with Gasteiger partial charge < -0.3 is 10.2 Å². The van der Waals surface area contributed by atoms with Crippen LogP contribution in [0.4, 0.5) is 5.69 Å². The van der Waals surface area contributed by atoms with E-state index >= 15 is 0 Å². The van der Waals surface area contributed by atoms with Crippen LogP contribution < -0.4 is 15.8 Å². The van der Waals surface area contributed by atoms with Gasteiger partial charge in [0.15, 0.2) is 0 Å². The van der Waals surface area contributed by atoms with Crippen molar-refractivity contribution in [2.75, 3.05) is 31.1 Å². The Labute approximate surface area is 117 Å². The van der Waals surface area contributed by atoms with Crippen molar-refractivity contribution >= 4 is 17.3 Å². The van der Waals surface area contributed by atoms with Crippen LogP contribution in [-0.2, 0) is 6.54 Å². The number of nitrogens with zero attached hydrogens (tertiary/aromatic N) is 3. The smallest absolute Gasteiger partial charge is 0.287 e. The molecule has 2 aliphatic heterocycles. The topological polar surface area (TPSA) is 50.2 Å². The Bertz CT molecular complexity index is 518.